The van der Waals surface area contributed by atoms with Crippen LogP contribution in [0.5, 0.6) is 0 Å². The van der Waals surface area contributed by atoms with E-state index >= 15 is 0 Å². The van der Waals surface area contributed by atoms with Gasteiger partial charge in [-0.1, -0.05) is 23.2 Å². The van der Waals surface area contributed by atoms with E-state index in [0.717, 1.165) is 5.56 Å². The molecule has 1 aliphatic heterocycles. The number of ketones is 1. The van der Waals surface area contributed by atoms with Crippen LogP contribution in [0.2, 0.25) is 5.02 Å². The zero-order valence-electron chi connectivity index (χ0n) is 19.4. The van der Waals surface area contributed by atoms with Gasteiger partial charge in [0.05, 0.1) is 21.7 Å². The summed E-state index contributed by atoms with van der Waals surface area (Å²) in [6, 6.07) is 10.0. The first-order chi connectivity index (χ1) is 17.0. The summed E-state index contributed by atoms with van der Waals surface area (Å²) in [5, 5.41) is 11.0. The number of nitrogens with one attached hydrogen (secondary N) is 1. The number of carbonyl (C=O) groups is 2. The molecule has 0 fully saturated rings. The summed E-state index contributed by atoms with van der Waals surface area (Å²) in [7, 11) is 0. The molecule has 5 rings (SSSR count). The molecule has 186 valence electrons. The van der Waals surface area contributed by atoms with E-state index < -0.39 is 23.4 Å². The average molecular weight is 516 g/mol. The van der Waals surface area contributed by atoms with Crippen molar-refractivity contribution in [2.75, 3.05) is 0 Å². The van der Waals surface area contributed by atoms with Crippen LogP contribution >= 0.6 is 11.6 Å². The number of nitrogens with zero attached hydrogens (tertiary/aromatic N) is 4. The maximum atomic E-state index is 13.4. The first-order valence-corrected chi connectivity index (χ1v) is 11.5. The lowest BCUT2D eigenvalue weighted by Gasteiger charge is -2.36. The molecule has 0 radical (unpaired) electrons. The van der Waals surface area contributed by atoms with Gasteiger partial charge in [-0.25, -0.2) is 0 Å². The molecule has 1 N–H and O–H groups in total. The molecule has 7 nitrogen and oxygen atoms in total. The summed E-state index contributed by atoms with van der Waals surface area (Å²) in [5.41, 5.74) is 1.48. The molecule has 0 unspecified atom stereocenters. The van der Waals surface area contributed by atoms with E-state index in [1.54, 1.807) is 52.5 Å². The smallest absolute Gasteiger partial charge is 0.345 e. The number of fused-ring (bicyclic) bond motifs is 3. The molecular weight excluding hydrogens is 495 g/mol. The number of aromatic nitrogens is 4. The quantitative estimate of drug-likeness (QED) is 0.385. The highest BCUT2D eigenvalue weighted by molar-refractivity contribution is 6.34. The van der Waals surface area contributed by atoms with Crippen LogP contribution < -0.4 is 5.32 Å². The van der Waals surface area contributed by atoms with Gasteiger partial charge in [0.2, 0.25) is 0 Å². The zero-order chi connectivity index (χ0) is 25.8. The van der Waals surface area contributed by atoms with Gasteiger partial charge >= 0.3 is 6.18 Å². The molecule has 11 heteroatoms. The summed E-state index contributed by atoms with van der Waals surface area (Å²) in [6.07, 6.45) is -1.42. The number of alkyl halides is 3. The van der Waals surface area contributed by atoms with Crippen molar-refractivity contribution in [3.63, 3.8) is 0 Å². The molecule has 0 bridgehead atoms. The minimum Gasteiger partial charge on any atom is -0.345 e. The first-order valence-electron chi connectivity index (χ1n) is 11.2. The second-order valence-electron chi connectivity index (χ2n) is 9.30. The van der Waals surface area contributed by atoms with Crippen LogP contribution in [0.15, 0.2) is 49.1 Å². The van der Waals surface area contributed by atoms with Crippen molar-refractivity contribution >= 4 is 34.2 Å². The Morgan fingerprint density at radius 2 is 1.83 bits per heavy atom. The van der Waals surface area contributed by atoms with E-state index in [1.807, 2.05) is 6.92 Å². The van der Waals surface area contributed by atoms with Crippen LogP contribution in [-0.4, -0.2) is 42.7 Å². The molecule has 2 aromatic carbocycles. The fourth-order valence-corrected chi connectivity index (χ4v) is 5.07. The summed E-state index contributed by atoms with van der Waals surface area (Å²) in [5.74, 6) is -2.25. The van der Waals surface area contributed by atoms with Gasteiger partial charge in [0.15, 0.2) is 0 Å². The first kappa shape index (κ1) is 24.1. The number of hydrogen-bond acceptors (Lipinski definition) is 4. The number of rotatable bonds is 4. The molecule has 0 aliphatic carbocycles. The van der Waals surface area contributed by atoms with Gasteiger partial charge in [0.1, 0.15) is 12.7 Å². The Bertz CT molecular complexity index is 1510. The fourth-order valence-electron chi connectivity index (χ4n) is 4.81. The number of aryl methyl sites for hydroxylation is 1. The van der Waals surface area contributed by atoms with Crippen molar-refractivity contribution in [2.24, 2.45) is 0 Å². The third-order valence-corrected chi connectivity index (χ3v) is 6.87. The highest BCUT2D eigenvalue weighted by atomic mass is 35.5. The molecule has 2 aromatic heterocycles. The van der Waals surface area contributed by atoms with E-state index in [0.29, 0.717) is 23.3 Å². The van der Waals surface area contributed by atoms with Crippen LogP contribution in [0.4, 0.5) is 13.2 Å². The average Bonchev–Trinajstić information content (AvgIpc) is 3.43. The molecule has 0 saturated carbocycles. The predicted octanol–water partition coefficient (Wildman–Crippen LogP) is 5.06. The fraction of sp³-hybridized carbons (Fsp3) is 0.280. The Morgan fingerprint density at radius 1 is 1.11 bits per heavy atom. The summed E-state index contributed by atoms with van der Waals surface area (Å²) in [6.45, 7) is 3.80. The standard InChI is InChI=1S/C25H21ClF3N5O2/c1-14-3-6-19-17(9-14)21(22(35)25(27,28)29)20-7-8-24(2,11-34(19)20)32-23(36)16-5-4-15(10-18(16)26)33-12-30-31-13-33/h3-6,9-10,12-13H,7-8,11H2,1-2H3,(H,32,36)/t24-/m1/s1. The van der Waals surface area contributed by atoms with E-state index in [9.17, 15) is 22.8 Å². The van der Waals surface area contributed by atoms with Crippen LogP contribution in [0.1, 0.15) is 45.3 Å². The Balaban J connectivity index is 1.47. The van der Waals surface area contributed by atoms with Crippen LogP contribution in [0, 0.1) is 6.92 Å². The van der Waals surface area contributed by atoms with Crippen molar-refractivity contribution < 1.29 is 22.8 Å². The lowest BCUT2D eigenvalue weighted by Crippen LogP contribution is -2.51. The van der Waals surface area contributed by atoms with Crippen molar-refractivity contribution in [3.05, 3.63) is 76.5 Å². The molecular formula is C25H21ClF3N5O2. The van der Waals surface area contributed by atoms with Gasteiger partial charge in [-0.05, 0) is 57.0 Å². The molecule has 1 aliphatic rings. The SMILES string of the molecule is Cc1ccc2c(c1)c(C(=O)C(F)(F)F)c1n2C[C@](C)(NC(=O)c2ccc(-n3cnnc3)cc2Cl)CC1. The van der Waals surface area contributed by atoms with Gasteiger partial charge in [-0.3, -0.25) is 14.2 Å². The minimum absolute atomic E-state index is 0.196. The number of amides is 1. The number of carbonyl (C=O) groups excluding carboxylic acids is 2. The van der Waals surface area contributed by atoms with E-state index in [-0.39, 0.29) is 34.5 Å². The monoisotopic (exact) mass is 515 g/mol. The molecule has 4 aromatic rings. The van der Waals surface area contributed by atoms with Crippen molar-refractivity contribution in [1.29, 1.82) is 0 Å². The van der Waals surface area contributed by atoms with Crippen molar-refractivity contribution in [3.8, 4) is 5.69 Å². The number of Topliss-reactive ketones (excluding diaryl/α,β-unsaturated/α-hetero) is 1. The Morgan fingerprint density at radius 3 is 2.50 bits per heavy atom. The topological polar surface area (TPSA) is 81.8 Å². The summed E-state index contributed by atoms with van der Waals surface area (Å²) in [4.78, 5) is 25.5. The molecule has 0 spiro atoms. The van der Waals surface area contributed by atoms with E-state index in [2.05, 4.69) is 15.5 Å². The van der Waals surface area contributed by atoms with Crippen LogP contribution in [0.25, 0.3) is 16.6 Å². The Labute approximate surface area is 208 Å². The van der Waals surface area contributed by atoms with Crippen molar-refractivity contribution in [1.82, 2.24) is 24.6 Å². The molecule has 0 saturated heterocycles. The van der Waals surface area contributed by atoms with Crippen LogP contribution in [-0.2, 0) is 13.0 Å². The second-order valence-corrected chi connectivity index (χ2v) is 9.71. The predicted molar refractivity (Wildman–Crippen MR) is 128 cm³/mol. The molecule has 36 heavy (non-hydrogen) atoms. The highest BCUT2D eigenvalue weighted by Gasteiger charge is 2.44. The molecule has 1 atom stereocenters. The Hall–Kier alpha value is -3.66. The Kier molecular flexibility index (Phi) is 5.66. The normalized spacial score (nSPS) is 17.7. The maximum Gasteiger partial charge on any atom is 0.454 e. The maximum absolute atomic E-state index is 13.4. The summed E-state index contributed by atoms with van der Waals surface area (Å²) >= 11 is 6.39. The summed E-state index contributed by atoms with van der Waals surface area (Å²) < 4.78 is 43.7. The van der Waals surface area contributed by atoms with Crippen molar-refractivity contribution in [2.45, 2.75) is 44.9 Å². The minimum atomic E-state index is -4.98. The number of benzene rings is 2. The lowest BCUT2D eigenvalue weighted by atomic mass is 9.89. The van der Waals surface area contributed by atoms with Gasteiger partial charge in [0, 0.05) is 28.8 Å². The second kappa shape index (κ2) is 8.48. The molecule has 3 heterocycles. The molecule has 1 amide bonds. The largest absolute Gasteiger partial charge is 0.454 e. The lowest BCUT2D eigenvalue weighted by molar-refractivity contribution is -0.0885. The van der Waals surface area contributed by atoms with Gasteiger partial charge in [0.25, 0.3) is 11.7 Å². The van der Waals surface area contributed by atoms with Gasteiger partial charge in [-0.15, -0.1) is 10.2 Å². The van der Waals surface area contributed by atoms with Gasteiger partial charge < -0.3 is 9.88 Å². The van der Waals surface area contributed by atoms with E-state index in [1.165, 1.54) is 12.7 Å². The number of hydrogen-bond donors (Lipinski definition) is 1. The highest BCUT2D eigenvalue weighted by Crippen LogP contribution is 2.38. The zero-order valence-corrected chi connectivity index (χ0v) is 20.1. The number of halogens is 4. The van der Waals surface area contributed by atoms with Crippen LogP contribution in [0.3, 0.4) is 0 Å². The van der Waals surface area contributed by atoms with E-state index in [4.69, 9.17) is 11.6 Å². The third-order valence-electron chi connectivity index (χ3n) is 6.56. The van der Waals surface area contributed by atoms with Gasteiger partial charge in [-0.2, -0.15) is 13.2 Å². The third kappa shape index (κ3) is 4.15.